The molecule has 0 aliphatic heterocycles. The molecule has 5 heteroatoms. The van der Waals surface area contributed by atoms with Gasteiger partial charge in [0.15, 0.2) is 0 Å². The van der Waals surface area contributed by atoms with Crippen LogP contribution in [0.3, 0.4) is 0 Å². The van der Waals surface area contributed by atoms with E-state index in [0.29, 0.717) is 12.2 Å². The Bertz CT molecular complexity index is 782. The Balaban J connectivity index is 2.21. The lowest BCUT2D eigenvalue weighted by Crippen LogP contribution is -2.44. The van der Waals surface area contributed by atoms with E-state index in [1.165, 1.54) is 8.97 Å². The first-order valence-electron chi connectivity index (χ1n) is 5.88. The summed E-state index contributed by atoms with van der Waals surface area (Å²) >= 11 is 0. The smallest absolute Gasteiger partial charge is 0.483 e. The zero-order valence-corrected chi connectivity index (χ0v) is 10.1. The van der Waals surface area contributed by atoms with Gasteiger partial charge in [-0.1, -0.05) is 36.4 Å². The maximum atomic E-state index is 11.9. The molecule has 0 saturated carbocycles. The number of fused-ring (bicyclic) bond motifs is 1. The first-order valence-corrected chi connectivity index (χ1v) is 5.88. The van der Waals surface area contributed by atoms with Gasteiger partial charge in [-0.25, -0.2) is 9.36 Å². The second-order valence-electron chi connectivity index (χ2n) is 4.18. The van der Waals surface area contributed by atoms with E-state index in [1.807, 2.05) is 30.3 Å². The second-order valence-corrected chi connectivity index (χ2v) is 4.18. The lowest BCUT2D eigenvalue weighted by atomic mass is 10.2. The maximum absolute atomic E-state index is 11.9. The molecule has 2 aromatic heterocycles. The average molecular weight is 253 g/mol. The molecule has 0 unspecified atom stereocenters. The van der Waals surface area contributed by atoms with Crippen LogP contribution in [0.15, 0.2) is 59.5 Å². The quantitative estimate of drug-likeness (QED) is 0.609. The number of rotatable bonds is 2. The van der Waals surface area contributed by atoms with Crippen LogP contribution in [0.25, 0.3) is 5.65 Å². The molecule has 94 valence electrons. The SMILES string of the molecule is O=c1nc([O-])[n+](Cc2ccccc2)c2ccccn12. The molecule has 1 aromatic carbocycles. The molecular formula is C14H11N3O2. The highest BCUT2D eigenvalue weighted by Gasteiger charge is 2.12. The fourth-order valence-electron chi connectivity index (χ4n) is 2.02. The van der Waals surface area contributed by atoms with Crippen molar-refractivity contribution in [3.8, 4) is 6.01 Å². The zero-order chi connectivity index (χ0) is 13.2. The van der Waals surface area contributed by atoms with Gasteiger partial charge in [0, 0.05) is 6.07 Å². The topological polar surface area (TPSA) is 61.3 Å². The van der Waals surface area contributed by atoms with Gasteiger partial charge in [0.2, 0.25) is 11.7 Å². The highest BCUT2D eigenvalue weighted by Crippen LogP contribution is 2.02. The van der Waals surface area contributed by atoms with Crippen molar-refractivity contribution in [2.75, 3.05) is 0 Å². The average Bonchev–Trinajstić information content (AvgIpc) is 2.45. The molecule has 0 N–H and O–H groups in total. The summed E-state index contributed by atoms with van der Waals surface area (Å²) in [6.45, 7) is 0.389. The van der Waals surface area contributed by atoms with Crippen LogP contribution in [-0.4, -0.2) is 9.38 Å². The minimum absolute atomic E-state index is 0.389. The maximum Gasteiger partial charge on any atom is 0.483 e. The van der Waals surface area contributed by atoms with Gasteiger partial charge in [-0.3, -0.25) is 0 Å². The highest BCUT2D eigenvalue weighted by molar-refractivity contribution is 5.30. The van der Waals surface area contributed by atoms with E-state index in [2.05, 4.69) is 4.98 Å². The Kier molecular flexibility index (Phi) is 2.72. The predicted molar refractivity (Wildman–Crippen MR) is 66.6 cm³/mol. The molecule has 3 aromatic rings. The van der Waals surface area contributed by atoms with Gasteiger partial charge in [-0.15, -0.1) is 0 Å². The molecule has 0 bridgehead atoms. The van der Waals surface area contributed by atoms with Gasteiger partial charge in [-0.05, 0) is 16.6 Å². The molecule has 0 spiro atoms. The van der Waals surface area contributed by atoms with Gasteiger partial charge in [0.1, 0.15) is 0 Å². The second kappa shape index (κ2) is 4.53. The van der Waals surface area contributed by atoms with Crippen LogP contribution in [-0.2, 0) is 6.54 Å². The summed E-state index contributed by atoms with van der Waals surface area (Å²) in [4.78, 5) is 15.2. The van der Waals surface area contributed by atoms with Crippen molar-refractivity contribution in [3.63, 3.8) is 0 Å². The predicted octanol–water partition coefficient (Wildman–Crippen LogP) is 0.104. The van der Waals surface area contributed by atoms with Crippen molar-refractivity contribution >= 4 is 5.65 Å². The van der Waals surface area contributed by atoms with Gasteiger partial charge >= 0.3 is 5.69 Å². The lowest BCUT2D eigenvalue weighted by Gasteiger charge is -2.10. The third-order valence-electron chi connectivity index (χ3n) is 2.93. The Hall–Kier alpha value is -2.69. The molecule has 3 rings (SSSR count). The summed E-state index contributed by atoms with van der Waals surface area (Å²) in [5.41, 5.74) is 0.970. The molecule has 0 aliphatic carbocycles. The Morgan fingerprint density at radius 3 is 2.63 bits per heavy atom. The third-order valence-corrected chi connectivity index (χ3v) is 2.93. The summed E-state index contributed by atoms with van der Waals surface area (Å²) in [6.07, 6.45) is 1.60. The fourth-order valence-corrected chi connectivity index (χ4v) is 2.02. The van der Waals surface area contributed by atoms with Crippen molar-refractivity contribution in [2.45, 2.75) is 6.54 Å². The molecule has 19 heavy (non-hydrogen) atoms. The Labute approximate surface area is 109 Å². The van der Waals surface area contributed by atoms with E-state index >= 15 is 0 Å². The molecule has 2 heterocycles. The minimum Gasteiger partial charge on any atom is -0.820 e. The first kappa shape index (κ1) is 11.4. The summed E-state index contributed by atoms with van der Waals surface area (Å²) in [7, 11) is 0. The monoisotopic (exact) mass is 253 g/mol. The Morgan fingerprint density at radius 1 is 1.11 bits per heavy atom. The van der Waals surface area contributed by atoms with Crippen LogP contribution in [0.2, 0.25) is 0 Å². The Morgan fingerprint density at radius 2 is 1.84 bits per heavy atom. The lowest BCUT2D eigenvalue weighted by molar-refractivity contribution is -0.713. The summed E-state index contributed by atoms with van der Waals surface area (Å²) in [6, 6.07) is 14.3. The van der Waals surface area contributed by atoms with E-state index in [0.717, 1.165) is 5.56 Å². The molecule has 0 aliphatic rings. The van der Waals surface area contributed by atoms with Crippen molar-refractivity contribution in [2.24, 2.45) is 0 Å². The van der Waals surface area contributed by atoms with Crippen LogP contribution in [0.5, 0.6) is 6.01 Å². The largest absolute Gasteiger partial charge is 0.820 e. The molecule has 0 saturated heterocycles. The zero-order valence-electron chi connectivity index (χ0n) is 10.1. The number of hydrogen-bond acceptors (Lipinski definition) is 3. The van der Waals surface area contributed by atoms with Gasteiger partial charge in [0.25, 0.3) is 0 Å². The number of aromatic nitrogens is 3. The van der Waals surface area contributed by atoms with E-state index in [9.17, 15) is 9.90 Å². The van der Waals surface area contributed by atoms with Gasteiger partial charge < -0.3 is 5.11 Å². The van der Waals surface area contributed by atoms with Crippen LogP contribution in [0.1, 0.15) is 5.56 Å². The molecule has 5 nitrogen and oxygen atoms in total. The van der Waals surface area contributed by atoms with Crippen molar-refractivity contribution in [1.29, 1.82) is 0 Å². The molecule has 0 amide bonds. The van der Waals surface area contributed by atoms with Crippen molar-refractivity contribution in [3.05, 3.63) is 70.8 Å². The standard InChI is InChI=1S/C14H11N3O2/c18-13-15-14(19)17(10-11-6-2-1-3-7-11)12-8-4-5-9-16(12)13/h1-9H,10H2. The fraction of sp³-hybridized carbons (Fsp3) is 0.0714. The van der Waals surface area contributed by atoms with Crippen LogP contribution in [0, 0.1) is 0 Å². The van der Waals surface area contributed by atoms with Crippen molar-refractivity contribution < 1.29 is 9.67 Å². The summed E-state index contributed by atoms with van der Waals surface area (Å²) < 4.78 is 2.85. The van der Waals surface area contributed by atoms with Crippen LogP contribution in [0.4, 0.5) is 0 Å². The first-order chi connectivity index (χ1) is 9.25. The van der Waals surface area contributed by atoms with Crippen LogP contribution < -0.4 is 15.4 Å². The summed E-state index contributed by atoms with van der Waals surface area (Å²) in [5.74, 6) is 0. The van der Waals surface area contributed by atoms with E-state index in [1.54, 1.807) is 24.4 Å². The van der Waals surface area contributed by atoms with E-state index in [4.69, 9.17) is 0 Å². The normalized spacial score (nSPS) is 10.7. The van der Waals surface area contributed by atoms with Crippen LogP contribution >= 0.6 is 0 Å². The molecule has 0 atom stereocenters. The van der Waals surface area contributed by atoms with E-state index < -0.39 is 11.7 Å². The van der Waals surface area contributed by atoms with E-state index in [-0.39, 0.29) is 0 Å². The number of benzene rings is 1. The molecule has 0 radical (unpaired) electrons. The highest BCUT2D eigenvalue weighted by atomic mass is 16.3. The van der Waals surface area contributed by atoms with Gasteiger partial charge in [-0.2, -0.15) is 4.40 Å². The third kappa shape index (κ3) is 2.06. The minimum atomic E-state index is -0.551. The summed E-state index contributed by atoms with van der Waals surface area (Å²) in [5, 5.41) is 11.9. The molecular weight excluding hydrogens is 242 g/mol. The molecule has 0 fully saturated rings. The number of nitrogens with zero attached hydrogens (tertiary/aromatic N) is 3. The van der Waals surface area contributed by atoms with Gasteiger partial charge in [0.05, 0.1) is 12.7 Å². The number of pyridine rings is 1. The van der Waals surface area contributed by atoms with Crippen molar-refractivity contribution in [1.82, 2.24) is 9.38 Å². The number of hydrogen-bond donors (Lipinski definition) is 0.